The van der Waals surface area contributed by atoms with Gasteiger partial charge in [-0.2, -0.15) is 0 Å². The Kier molecular flexibility index (Phi) is 13.7. The number of esters is 1. The molecule has 6 rings (SSSR count). The first-order valence-electron chi connectivity index (χ1n) is 19.9. The largest absolute Gasteiger partial charge is 0.427 e. The van der Waals surface area contributed by atoms with Crippen molar-refractivity contribution in [1.29, 1.82) is 0 Å². The summed E-state index contributed by atoms with van der Waals surface area (Å²) in [6.07, 6.45) is 10.8. The number of ether oxygens (including phenoxy) is 1. The number of hydrogen-bond acceptors (Lipinski definition) is 5. The van der Waals surface area contributed by atoms with E-state index in [1.165, 1.54) is 38.5 Å². The van der Waals surface area contributed by atoms with Crippen LogP contribution in [-0.4, -0.2) is 63.8 Å². The van der Waals surface area contributed by atoms with E-state index in [0.717, 1.165) is 46.7 Å². The number of nitrogens with zero attached hydrogens (tertiary/aromatic N) is 3. The fourth-order valence-corrected chi connectivity index (χ4v) is 7.75. The average molecular weight is 731 g/mol. The second-order valence-electron chi connectivity index (χ2n) is 14.6. The van der Waals surface area contributed by atoms with Gasteiger partial charge in [0, 0.05) is 38.9 Å². The zero-order valence-electron chi connectivity index (χ0n) is 31.6. The van der Waals surface area contributed by atoms with Gasteiger partial charge in [-0.05, 0) is 46.0 Å². The number of rotatable bonds is 17. The Balaban J connectivity index is 1.13. The number of urea groups is 1. The van der Waals surface area contributed by atoms with E-state index in [0.29, 0.717) is 25.3 Å². The molecule has 9 nitrogen and oxygen atoms in total. The standard InChI is InChI=1S/C45H54N4O5/c1-2-3-4-5-6-7-8-9-13-23-43(51)54-38-26-24-34(25-27-38)30-40-44(52)47(32-37-21-16-20-36-19-14-15-22-39(36)37)33-41-48(29-28-42(50)49(40)41)45(53)46-31-35-17-11-10-12-18-35/h10-12,14-22,24-27,40-41H,2-9,13,23,28-33H2,1H3,(H,46,53)/t40-,41?/m0/s1. The summed E-state index contributed by atoms with van der Waals surface area (Å²) in [5, 5.41) is 5.18. The van der Waals surface area contributed by atoms with Crippen LogP contribution in [0.4, 0.5) is 4.79 Å². The number of piperazine rings is 1. The Morgan fingerprint density at radius 3 is 2.20 bits per heavy atom. The maximum atomic E-state index is 14.4. The van der Waals surface area contributed by atoms with E-state index >= 15 is 0 Å². The van der Waals surface area contributed by atoms with Crippen LogP contribution in [-0.2, 0) is 33.9 Å². The van der Waals surface area contributed by atoms with Gasteiger partial charge in [0.25, 0.3) is 0 Å². The molecule has 0 saturated carbocycles. The Labute approximate surface area is 319 Å². The van der Waals surface area contributed by atoms with Crippen LogP contribution in [0.2, 0.25) is 0 Å². The molecule has 0 aromatic heterocycles. The molecule has 0 bridgehead atoms. The van der Waals surface area contributed by atoms with Crippen LogP contribution in [0.15, 0.2) is 97.1 Å². The summed E-state index contributed by atoms with van der Waals surface area (Å²) in [6, 6.07) is 30.0. The summed E-state index contributed by atoms with van der Waals surface area (Å²) < 4.78 is 5.64. The Morgan fingerprint density at radius 1 is 0.759 bits per heavy atom. The van der Waals surface area contributed by atoms with Crippen molar-refractivity contribution < 1.29 is 23.9 Å². The second-order valence-corrected chi connectivity index (χ2v) is 14.6. The highest BCUT2D eigenvalue weighted by molar-refractivity contribution is 5.92. The van der Waals surface area contributed by atoms with E-state index in [4.69, 9.17) is 4.74 Å². The van der Waals surface area contributed by atoms with Crippen molar-refractivity contribution in [2.24, 2.45) is 0 Å². The van der Waals surface area contributed by atoms with Crippen molar-refractivity contribution in [1.82, 2.24) is 20.0 Å². The monoisotopic (exact) mass is 730 g/mol. The summed E-state index contributed by atoms with van der Waals surface area (Å²) in [4.78, 5) is 59.6. The van der Waals surface area contributed by atoms with Crippen LogP contribution in [0.25, 0.3) is 10.8 Å². The predicted molar refractivity (Wildman–Crippen MR) is 211 cm³/mol. The van der Waals surface area contributed by atoms with Crippen molar-refractivity contribution in [3.8, 4) is 5.75 Å². The zero-order chi connectivity index (χ0) is 37.7. The lowest BCUT2D eigenvalue weighted by atomic mass is 9.96. The molecule has 9 heteroatoms. The minimum absolute atomic E-state index is 0.135. The summed E-state index contributed by atoms with van der Waals surface area (Å²) in [5.41, 5.74) is 2.81. The van der Waals surface area contributed by atoms with Gasteiger partial charge in [-0.25, -0.2) is 4.79 Å². The van der Waals surface area contributed by atoms with Gasteiger partial charge in [0.15, 0.2) is 0 Å². The van der Waals surface area contributed by atoms with Crippen LogP contribution >= 0.6 is 0 Å². The fraction of sp³-hybridized carbons (Fsp3) is 0.422. The van der Waals surface area contributed by atoms with Gasteiger partial charge in [-0.3, -0.25) is 14.4 Å². The summed E-state index contributed by atoms with van der Waals surface area (Å²) in [7, 11) is 0. The van der Waals surface area contributed by atoms with E-state index in [1.54, 1.807) is 26.8 Å². The first kappa shape index (κ1) is 38.5. The molecule has 4 amide bonds. The van der Waals surface area contributed by atoms with Crippen molar-refractivity contribution in [3.63, 3.8) is 0 Å². The highest BCUT2D eigenvalue weighted by Crippen LogP contribution is 2.30. The Hall–Kier alpha value is -5.18. The summed E-state index contributed by atoms with van der Waals surface area (Å²) >= 11 is 0. The molecule has 2 aliphatic rings. The number of amides is 4. The number of benzene rings is 4. The smallest absolute Gasteiger partial charge is 0.319 e. The molecule has 54 heavy (non-hydrogen) atoms. The normalized spacial score (nSPS) is 17.1. The molecule has 2 atom stereocenters. The first-order valence-corrected chi connectivity index (χ1v) is 19.9. The number of carbonyl (C=O) groups is 4. The van der Waals surface area contributed by atoms with Crippen molar-refractivity contribution >= 4 is 34.6 Å². The highest BCUT2D eigenvalue weighted by atomic mass is 16.5. The molecule has 0 aliphatic carbocycles. The molecule has 284 valence electrons. The van der Waals surface area contributed by atoms with Crippen molar-refractivity contribution in [2.75, 3.05) is 13.1 Å². The van der Waals surface area contributed by atoms with E-state index < -0.39 is 12.2 Å². The lowest BCUT2D eigenvalue weighted by molar-refractivity contribution is -0.167. The number of nitrogens with one attached hydrogen (secondary N) is 1. The number of hydrogen-bond donors (Lipinski definition) is 1. The Bertz CT molecular complexity index is 1860. The molecular weight excluding hydrogens is 677 g/mol. The molecule has 0 radical (unpaired) electrons. The van der Waals surface area contributed by atoms with Crippen LogP contribution in [0, 0.1) is 0 Å². The van der Waals surface area contributed by atoms with Gasteiger partial charge >= 0.3 is 12.0 Å². The average Bonchev–Trinajstić information content (AvgIpc) is 3.19. The van der Waals surface area contributed by atoms with Gasteiger partial charge < -0.3 is 24.8 Å². The second kappa shape index (κ2) is 19.2. The molecule has 1 unspecified atom stereocenters. The Morgan fingerprint density at radius 2 is 1.44 bits per heavy atom. The fourth-order valence-electron chi connectivity index (χ4n) is 7.75. The molecule has 2 saturated heterocycles. The third kappa shape index (κ3) is 10.1. The zero-order valence-corrected chi connectivity index (χ0v) is 31.6. The van der Waals surface area contributed by atoms with Gasteiger partial charge in [0.1, 0.15) is 18.0 Å². The van der Waals surface area contributed by atoms with Crippen LogP contribution in [0.1, 0.15) is 94.2 Å². The molecule has 0 spiro atoms. The molecule has 2 heterocycles. The first-order chi connectivity index (χ1) is 26.4. The highest BCUT2D eigenvalue weighted by Gasteiger charge is 2.48. The van der Waals surface area contributed by atoms with Crippen molar-refractivity contribution in [3.05, 3.63) is 114 Å². The number of unbranched alkanes of at least 4 members (excludes halogenated alkanes) is 8. The quantitative estimate of drug-likeness (QED) is 0.0669. The van der Waals surface area contributed by atoms with Gasteiger partial charge in [0.2, 0.25) is 11.8 Å². The number of fused-ring (bicyclic) bond motifs is 2. The van der Waals surface area contributed by atoms with Gasteiger partial charge in [-0.15, -0.1) is 0 Å². The summed E-state index contributed by atoms with van der Waals surface area (Å²) in [6.45, 7) is 3.41. The number of carbonyl (C=O) groups excluding carboxylic acids is 4. The molecule has 2 fully saturated rings. The maximum absolute atomic E-state index is 14.4. The third-order valence-corrected chi connectivity index (χ3v) is 10.7. The third-order valence-electron chi connectivity index (χ3n) is 10.7. The van der Waals surface area contributed by atoms with E-state index in [-0.39, 0.29) is 49.7 Å². The van der Waals surface area contributed by atoms with E-state index in [1.807, 2.05) is 66.7 Å². The van der Waals surface area contributed by atoms with E-state index in [2.05, 4.69) is 30.4 Å². The lowest BCUT2D eigenvalue weighted by Gasteiger charge is -2.52. The van der Waals surface area contributed by atoms with Gasteiger partial charge in [-0.1, -0.05) is 143 Å². The maximum Gasteiger partial charge on any atom is 0.319 e. The SMILES string of the molecule is CCCCCCCCCCCC(=O)Oc1ccc(C[C@H]2C(=O)N(Cc3cccc4ccccc34)CC3N(C(=O)NCc4ccccc4)CCC(=O)N32)cc1. The topological polar surface area (TPSA) is 99.3 Å². The van der Waals surface area contributed by atoms with Crippen LogP contribution in [0.5, 0.6) is 5.75 Å². The van der Waals surface area contributed by atoms with Crippen LogP contribution in [0.3, 0.4) is 0 Å². The summed E-state index contributed by atoms with van der Waals surface area (Å²) in [5.74, 6) is -0.0853. The molecule has 4 aromatic carbocycles. The minimum atomic E-state index is -0.809. The van der Waals surface area contributed by atoms with Gasteiger partial charge in [0.05, 0.1) is 6.54 Å². The predicted octanol–water partition coefficient (Wildman–Crippen LogP) is 8.39. The molecule has 1 N–H and O–H groups in total. The molecule has 4 aromatic rings. The van der Waals surface area contributed by atoms with Crippen molar-refractivity contribution in [2.45, 2.75) is 109 Å². The van der Waals surface area contributed by atoms with Crippen LogP contribution < -0.4 is 10.1 Å². The molecular formula is C45H54N4O5. The lowest BCUT2D eigenvalue weighted by Crippen LogP contribution is -2.72. The molecule has 2 aliphatic heterocycles. The van der Waals surface area contributed by atoms with E-state index in [9.17, 15) is 19.2 Å². The minimum Gasteiger partial charge on any atom is -0.427 e.